The minimum atomic E-state index is 0.211. The lowest BCUT2D eigenvalue weighted by Crippen LogP contribution is -2.42. The topological polar surface area (TPSA) is 29.5 Å². The van der Waals surface area contributed by atoms with Crippen LogP contribution in [0.2, 0.25) is 0 Å². The van der Waals surface area contributed by atoms with Gasteiger partial charge in [-0.05, 0) is 25.7 Å². The normalized spacial score (nSPS) is 34.1. The van der Waals surface area contributed by atoms with E-state index in [0.29, 0.717) is 12.1 Å². The summed E-state index contributed by atoms with van der Waals surface area (Å²) in [4.78, 5) is 13.4. The third kappa shape index (κ3) is 1.70. The van der Waals surface area contributed by atoms with Crippen molar-refractivity contribution in [1.82, 2.24) is 4.90 Å². The molecule has 1 saturated carbocycles. The smallest absolute Gasteiger partial charge is 0.219 e. The molecule has 1 saturated heterocycles. The van der Waals surface area contributed by atoms with Gasteiger partial charge in [-0.1, -0.05) is 0 Å². The lowest BCUT2D eigenvalue weighted by atomic mass is 10.2. The second kappa shape index (κ2) is 3.66. The monoisotopic (exact) mass is 183 g/mol. The van der Waals surface area contributed by atoms with E-state index in [0.717, 1.165) is 32.4 Å². The van der Waals surface area contributed by atoms with Crippen LogP contribution in [0.15, 0.2) is 0 Å². The number of rotatable bonds is 0. The number of amides is 1. The van der Waals surface area contributed by atoms with E-state index in [1.807, 2.05) is 4.90 Å². The van der Waals surface area contributed by atoms with E-state index in [2.05, 4.69) is 0 Å². The van der Waals surface area contributed by atoms with Crippen molar-refractivity contribution in [2.45, 2.75) is 44.8 Å². The van der Waals surface area contributed by atoms with Crippen LogP contribution >= 0.6 is 0 Å². The van der Waals surface area contributed by atoms with Crippen molar-refractivity contribution in [3.63, 3.8) is 0 Å². The first kappa shape index (κ1) is 9.00. The number of hydrogen-bond acceptors (Lipinski definition) is 2. The average Bonchev–Trinajstić information content (AvgIpc) is 2.44. The summed E-state index contributed by atoms with van der Waals surface area (Å²) in [6, 6.07) is 0.375. The molecular weight excluding hydrogens is 166 g/mol. The Balaban J connectivity index is 2.10. The number of carbonyl (C=O) groups is 1. The van der Waals surface area contributed by atoms with E-state index in [1.54, 1.807) is 6.92 Å². The van der Waals surface area contributed by atoms with Gasteiger partial charge >= 0.3 is 0 Å². The fraction of sp³-hybridized carbons (Fsp3) is 0.900. The third-order valence-electron chi connectivity index (χ3n) is 3.10. The molecule has 0 bridgehead atoms. The maximum absolute atomic E-state index is 11.4. The average molecular weight is 183 g/mol. The van der Waals surface area contributed by atoms with Gasteiger partial charge in [-0.15, -0.1) is 0 Å². The quantitative estimate of drug-likeness (QED) is 0.564. The molecule has 2 rings (SSSR count). The fourth-order valence-corrected chi connectivity index (χ4v) is 2.48. The first-order valence-electron chi connectivity index (χ1n) is 5.18. The molecule has 0 radical (unpaired) electrons. The summed E-state index contributed by atoms with van der Waals surface area (Å²) in [5, 5.41) is 0. The lowest BCUT2D eigenvalue weighted by Gasteiger charge is -2.28. The maximum atomic E-state index is 11.4. The summed E-state index contributed by atoms with van der Waals surface area (Å²) in [6.45, 7) is 3.38. The molecule has 2 unspecified atom stereocenters. The van der Waals surface area contributed by atoms with Crippen molar-refractivity contribution in [3.05, 3.63) is 0 Å². The number of carbonyl (C=O) groups excluding carboxylic acids is 1. The Morgan fingerprint density at radius 2 is 2.23 bits per heavy atom. The zero-order valence-corrected chi connectivity index (χ0v) is 8.16. The van der Waals surface area contributed by atoms with Crippen LogP contribution in [0.1, 0.15) is 32.6 Å². The molecule has 3 nitrogen and oxygen atoms in total. The molecule has 0 N–H and O–H groups in total. The van der Waals surface area contributed by atoms with E-state index >= 15 is 0 Å². The van der Waals surface area contributed by atoms with Crippen LogP contribution in [-0.2, 0) is 9.53 Å². The molecule has 1 amide bonds. The highest BCUT2D eigenvalue weighted by Gasteiger charge is 2.35. The Morgan fingerprint density at radius 3 is 3.00 bits per heavy atom. The van der Waals surface area contributed by atoms with Gasteiger partial charge in [-0.2, -0.15) is 0 Å². The van der Waals surface area contributed by atoms with Crippen LogP contribution < -0.4 is 0 Å². The van der Waals surface area contributed by atoms with Crippen molar-refractivity contribution in [1.29, 1.82) is 0 Å². The van der Waals surface area contributed by atoms with Crippen LogP contribution in [0.25, 0.3) is 0 Å². The Hall–Kier alpha value is -0.570. The lowest BCUT2D eigenvalue weighted by molar-refractivity contribution is -0.132. The first-order chi connectivity index (χ1) is 6.29. The molecule has 2 atom stereocenters. The molecule has 74 valence electrons. The van der Waals surface area contributed by atoms with Gasteiger partial charge in [0.25, 0.3) is 0 Å². The van der Waals surface area contributed by atoms with Gasteiger partial charge < -0.3 is 9.64 Å². The minimum absolute atomic E-state index is 0.211. The largest absolute Gasteiger partial charge is 0.376 e. The molecule has 1 aliphatic heterocycles. The van der Waals surface area contributed by atoms with Crippen LogP contribution in [0.4, 0.5) is 0 Å². The zero-order chi connectivity index (χ0) is 9.26. The summed E-state index contributed by atoms with van der Waals surface area (Å²) in [5.74, 6) is 0.211. The van der Waals surface area contributed by atoms with Crippen LogP contribution in [0.5, 0.6) is 0 Å². The summed E-state index contributed by atoms with van der Waals surface area (Å²) < 4.78 is 5.71. The van der Waals surface area contributed by atoms with E-state index in [9.17, 15) is 4.79 Å². The number of ether oxygens (including phenoxy) is 1. The highest BCUT2D eigenvalue weighted by molar-refractivity contribution is 5.73. The summed E-state index contributed by atoms with van der Waals surface area (Å²) >= 11 is 0. The van der Waals surface area contributed by atoms with Gasteiger partial charge in [-0.3, -0.25) is 4.79 Å². The van der Waals surface area contributed by atoms with Crippen molar-refractivity contribution < 1.29 is 9.53 Å². The standard InChI is InChI=1S/C10H17NO2/c1-8(12)11-6-3-7-13-10-5-2-4-9(10)11/h9-10H,2-7H2,1H3. The van der Waals surface area contributed by atoms with Gasteiger partial charge in [0.2, 0.25) is 5.91 Å². The highest BCUT2D eigenvalue weighted by atomic mass is 16.5. The predicted molar refractivity (Wildman–Crippen MR) is 49.4 cm³/mol. The van der Waals surface area contributed by atoms with E-state index in [4.69, 9.17) is 4.74 Å². The molecule has 1 heterocycles. The van der Waals surface area contributed by atoms with Crippen LogP contribution in [0.3, 0.4) is 0 Å². The SMILES string of the molecule is CC(=O)N1CCCOC2CCCC21. The Bertz CT molecular complexity index is 205. The molecular formula is C10H17NO2. The minimum Gasteiger partial charge on any atom is -0.376 e. The van der Waals surface area contributed by atoms with Gasteiger partial charge in [0.1, 0.15) is 0 Å². The van der Waals surface area contributed by atoms with Crippen molar-refractivity contribution in [3.8, 4) is 0 Å². The molecule has 3 heteroatoms. The molecule has 0 aromatic carbocycles. The van der Waals surface area contributed by atoms with Crippen molar-refractivity contribution in [2.24, 2.45) is 0 Å². The third-order valence-corrected chi connectivity index (χ3v) is 3.10. The Kier molecular flexibility index (Phi) is 2.54. The summed E-state index contributed by atoms with van der Waals surface area (Å²) in [5.41, 5.74) is 0. The Morgan fingerprint density at radius 1 is 1.38 bits per heavy atom. The number of hydrogen-bond donors (Lipinski definition) is 0. The predicted octanol–water partition coefficient (Wildman–Crippen LogP) is 1.18. The molecule has 2 aliphatic rings. The fourth-order valence-electron chi connectivity index (χ4n) is 2.48. The number of fused-ring (bicyclic) bond motifs is 1. The number of nitrogens with zero attached hydrogens (tertiary/aromatic N) is 1. The molecule has 0 aromatic rings. The van der Waals surface area contributed by atoms with Crippen molar-refractivity contribution >= 4 is 5.91 Å². The van der Waals surface area contributed by atoms with E-state index < -0.39 is 0 Å². The Labute approximate surface area is 79.0 Å². The second-order valence-electron chi connectivity index (χ2n) is 3.97. The van der Waals surface area contributed by atoms with Gasteiger partial charge in [0, 0.05) is 20.1 Å². The maximum Gasteiger partial charge on any atom is 0.219 e. The summed E-state index contributed by atoms with van der Waals surface area (Å²) in [7, 11) is 0. The van der Waals surface area contributed by atoms with Crippen LogP contribution in [0, 0.1) is 0 Å². The van der Waals surface area contributed by atoms with Crippen molar-refractivity contribution in [2.75, 3.05) is 13.2 Å². The summed E-state index contributed by atoms with van der Waals surface area (Å²) in [6.07, 6.45) is 4.79. The van der Waals surface area contributed by atoms with Crippen LogP contribution in [-0.4, -0.2) is 36.1 Å². The molecule has 0 aromatic heterocycles. The van der Waals surface area contributed by atoms with Gasteiger partial charge in [0.15, 0.2) is 0 Å². The highest BCUT2D eigenvalue weighted by Crippen LogP contribution is 2.29. The zero-order valence-electron chi connectivity index (χ0n) is 8.16. The first-order valence-corrected chi connectivity index (χ1v) is 5.18. The van der Waals surface area contributed by atoms with Gasteiger partial charge in [-0.25, -0.2) is 0 Å². The molecule has 0 spiro atoms. The second-order valence-corrected chi connectivity index (χ2v) is 3.97. The van der Waals surface area contributed by atoms with E-state index in [-0.39, 0.29) is 5.91 Å². The van der Waals surface area contributed by atoms with Gasteiger partial charge in [0.05, 0.1) is 12.1 Å². The molecule has 13 heavy (non-hydrogen) atoms. The molecule has 1 aliphatic carbocycles. The molecule has 2 fully saturated rings. The van der Waals surface area contributed by atoms with E-state index in [1.165, 1.54) is 6.42 Å².